The summed E-state index contributed by atoms with van der Waals surface area (Å²) in [6.07, 6.45) is 28.6. The lowest BCUT2D eigenvalue weighted by molar-refractivity contribution is 1.09. The van der Waals surface area contributed by atoms with E-state index in [2.05, 4.69) is 221 Å². The van der Waals surface area contributed by atoms with Crippen molar-refractivity contribution in [3.05, 3.63) is 272 Å². The van der Waals surface area contributed by atoms with Crippen molar-refractivity contribution in [2.75, 3.05) is 5.32 Å². The number of benzene rings is 7. The molecule has 0 unspecified atom stereocenters. The minimum absolute atomic E-state index is 0.908. The Labute approximate surface area is 388 Å². The number of para-hydroxylation sites is 3. The zero-order valence-corrected chi connectivity index (χ0v) is 37.4. The van der Waals surface area contributed by atoms with Crippen molar-refractivity contribution in [3.8, 4) is 33.6 Å². The molecule has 0 radical (unpaired) electrons. The lowest BCUT2D eigenvalue weighted by Gasteiger charge is -2.14. The number of allylic oxidation sites excluding steroid dienone is 10. The van der Waals surface area contributed by atoms with Crippen LogP contribution in [0.5, 0.6) is 0 Å². The van der Waals surface area contributed by atoms with Crippen LogP contribution >= 0.6 is 0 Å². The van der Waals surface area contributed by atoms with Crippen molar-refractivity contribution < 1.29 is 0 Å². The minimum atomic E-state index is 0.908. The molecule has 0 saturated heterocycles. The first-order valence-electron chi connectivity index (χ1n) is 22.4. The van der Waals surface area contributed by atoms with Gasteiger partial charge >= 0.3 is 0 Å². The number of fused-ring (bicyclic) bond motifs is 9. The smallest absolute Gasteiger partial charge is 0.0548 e. The van der Waals surface area contributed by atoms with E-state index >= 15 is 0 Å². The number of anilines is 1. The van der Waals surface area contributed by atoms with E-state index in [1.807, 2.05) is 67.9 Å². The predicted octanol–water partition coefficient (Wildman–Crippen LogP) is 16.3. The molecule has 10 rings (SSSR count). The maximum atomic E-state index is 3.52. The topological polar surface area (TPSA) is 33.9 Å². The van der Waals surface area contributed by atoms with Gasteiger partial charge in [-0.25, -0.2) is 0 Å². The van der Waals surface area contributed by atoms with Crippen molar-refractivity contribution in [1.82, 2.24) is 14.5 Å². The van der Waals surface area contributed by atoms with E-state index in [9.17, 15) is 0 Å². The number of hydrogen-bond donors (Lipinski definition) is 2. The number of nitrogens with zero attached hydrogens (tertiary/aromatic N) is 2. The summed E-state index contributed by atoms with van der Waals surface area (Å²) in [6.45, 7) is 7.65. The van der Waals surface area contributed by atoms with Crippen LogP contribution in [0.1, 0.15) is 23.7 Å². The van der Waals surface area contributed by atoms with Gasteiger partial charge in [0, 0.05) is 51.2 Å². The number of hydrogen-bond acceptors (Lipinski definition) is 2. The van der Waals surface area contributed by atoms with Crippen molar-refractivity contribution in [2.24, 2.45) is 0 Å². The largest absolute Gasteiger partial charge is 0.361 e. The van der Waals surface area contributed by atoms with E-state index < -0.39 is 0 Å². The van der Waals surface area contributed by atoms with Crippen molar-refractivity contribution in [3.63, 3.8) is 0 Å². The summed E-state index contributed by atoms with van der Waals surface area (Å²) in [5.74, 6) is 0. The second-order valence-electron chi connectivity index (χ2n) is 16.0. The van der Waals surface area contributed by atoms with E-state index in [1.165, 1.54) is 60.6 Å². The van der Waals surface area contributed by atoms with Crippen LogP contribution in [0.3, 0.4) is 0 Å². The second-order valence-corrected chi connectivity index (χ2v) is 16.0. The summed E-state index contributed by atoms with van der Waals surface area (Å²) >= 11 is 0. The summed E-state index contributed by atoms with van der Waals surface area (Å²) in [4.78, 5) is 0. The highest BCUT2D eigenvalue weighted by molar-refractivity contribution is 6.17. The number of aryl methyl sites for hydroxylation is 1. The zero-order chi connectivity index (χ0) is 45.1. The zero-order valence-electron chi connectivity index (χ0n) is 37.4. The van der Waals surface area contributed by atoms with Crippen molar-refractivity contribution in [1.29, 1.82) is 0 Å². The van der Waals surface area contributed by atoms with Gasteiger partial charge in [-0.3, -0.25) is 0 Å². The first-order valence-corrected chi connectivity index (χ1v) is 22.4. The molecule has 0 aliphatic carbocycles. The highest BCUT2D eigenvalue weighted by atomic mass is 15.0. The Hall–Kier alpha value is -8.60. The van der Waals surface area contributed by atoms with E-state index in [-0.39, 0.29) is 0 Å². The summed E-state index contributed by atoms with van der Waals surface area (Å²) in [5.41, 5.74) is 15.9. The van der Waals surface area contributed by atoms with Gasteiger partial charge in [-0.1, -0.05) is 177 Å². The van der Waals surface area contributed by atoms with Gasteiger partial charge in [0.05, 0.1) is 27.9 Å². The summed E-state index contributed by atoms with van der Waals surface area (Å²) in [7, 11) is 0. The highest BCUT2D eigenvalue weighted by Crippen LogP contribution is 2.45. The van der Waals surface area contributed by atoms with Crippen LogP contribution < -0.4 is 10.6 Å². The Bertz CT molecular complexity index is 3370. The molecule has 320 valence electrons. The molecule has 1 aliphatic heterocycles. The molecule has 0 fully saturated rings. The van der Waals surface area contributed by atoms with Gasteiger partial charge in [0.25, 0.3) is 0 Å². The Morgan fingerprint density at radius 3 is 2.00 bits per heavy atom. The molecule has 0 spiro atoms. The number of rotatable bonds is 7. The first-order chi connectivity index (χ1) is 32.6. The van der Waals surface area contributed by atoms with Crippen LogP contribution in [0.2, 0.25) is 0 Å². The van der Waals surface area contributed by atoms with Crippen LogP contribution in [0.15, 0.2) is 255 Å². The maximum Gasteiger partial charge on any atom is 0.0548 e. The molecule has 2 aromatic heterocycles. The summed E-state index contributed by atoms with van der Waals surface area (Å²) in [6, 6.07) is 60.8. The molecule has 0 atom stereocenters. The van der Waals surface area contributed by atoms with Crippen LogP contribution in [0.25, 0.3) is 78.5 Å². The SMILES string of the molecule is C=C/C=C\C=C/C.Cc1cccc(-n2c3ccccc3c3c4c(ccc32)-c2c(n(-c3ccc(-c5ccccc5)cc3)c3ccccc23)/C=C\C(=C\Nc2ccccc2)N/C=C/C=C\C=C/4)c1. The highest BCUT2D eigenvalue weighted by Gasteiger charge is 2.23. The van der Waals surface area contributed by atoms with Gasteiger partial charge in [0.2, 0.25) is 0 Å². The molecule has 4 heteroatoms. The molecule has 9 aromatic rings. The van der Waals surface area contributed by atoms with Gasteiger partial charge in [-0.2, -0.15) is 0 Å². The van der Waals surface area contributed by atoms with Gasteiger partial charge in [0.1, 0.15) is 0 Å². The molecular weight excluding hydrogens is 801 g/mol. The molecule has 4 nitrogen and oxygen atoms in total. The third kappa shape index (κ3) is 9.08. The molecule has 0 amide bonds. The average Bonchev–Trinajstić information content (AvgIpc) is 3.88. The molecular formula is C62H52N4. The molecule has 0 bridgehead atoms. The van der Waals surface area contributed by atoms with E-state index in [0.29, 0.717) is 0 Å². The van der Waals surface area contributed by atoms with Gasteiger partial charge in [-0.15, -0.1) is 0 Å². The van der Waals surface area contributed by atoms with Gasteiger partial charge < -0.3 is 19.8 Å². The van der Waals surface area contributed by atoms with Crippen LogP contribution in [0, 0.1) is 6.92 Å². The van der Waals surface area contributed by atoms with Crippen LogP contribution in [0.4, 0.5) is 5.69 Å². The number of nitrogens with one attached hydrogen (secondary N) is 2. The Balaban J connectivity index is 0.000000726. The molecule has 2 N–H and O–H groups in total. The van der Waals surface area contributed by atoms with E-state index in [0.717, 1.165) is 34.0 Å². The standard InChI is InChI=1S/C55H42N4.C7H10/c1-39-17-16-22-45(37-39)59-51-27-14-12-25-49(51)54-46-23-10-2-3-15-36-56-43(38-57-42-20-8-5-9-21-42)30-34-52-55(47(46)33-35-53(54)59)48-24-11-13-26-50(48)58(52)44-31-28-41(29-32-44)40-18-6-4-7-19-40;1-3-5-7-6-4-2/h2-38,56-57H,1H3;3-7H,1H2,2H3/b3-2-,23-10-,34-30-,36-15+,43-38-;6-4-,7-5-. The Kier molecular flexibility index (Phi) is 13.1. The molecule has 66 heavy (non-hydrogen) atoms. The number of aromatic nitrogens is 2. The lowest BCUT2D eigenvalue weighted by atomic mass is 9.92. The predicted molar refractivity (Wildman–Crippen MR) is 285 cm³/mol. The molecule has 7 aromatic carbocycles. The Morgan fingerprint density at radius 1 is 0.545 bits per heavy atom. The molecule has 0 saturated carbocycles. The van der Waals surface area contributed by atoms with Crippen molar-refractivity contribution >= 4 is 50.5 Å². The normalized spacial score (nSPS) is 15.1. The minimum Gasteiger partial charge on any atom is -0.361 e. The maximum absolute atomic E-state index is 3.52. The van der Waals surface area contributed by atoms with Gasteiger partial charge in [0.15, 0.2) is 0 Å². The van der Waals surface area contributed by atoms with Crippen LogP contribution in [-0.2, 0) is 0 Å². The quantitative estimate of drug-likeness (QED) is 0.157. The summed E-state index contributed by atoms with van der Waals surface area (Å²) < 4.78 is 4.82. The average molecular weight is 853 g/mol. The summed E-state index contributed by atoms with van der Waals surface area (Å²) in [5, 5.41) is 10.6. The Morgan fingerprint density at radius 2 is 1.24 bits per heavy atom. The fourth-order valence-corrected chi connectivity index (χ4v) is 8.67. The first kappa shape index (κ1) is 42.7. The fraction of sp³-hybridized carbons (Fsp3) is 0.0323. The third-order valence-corrected chi connectivity index (χ3v) is 11.6. The van der Waals surface area contributed by atoms with Crippen LogP contribution in [-0.4, -0.2) is 9.13 Å². The van der Waals surface area contributed by atoms with Gasteiger partial charge in [-0.05, 0) is 114 Å². The monoisotopic (exact) mass is 852 g/mol. The molecule has 1 aliphatic rings. The van der Waals surface area contributed by atoms with Crippen molar-refractivity contribution in [2.45, 2.75) is 13.8 Å². The third-order valence-electron chi connectivity index (χ3n) is 11.6. The van der Waals surface area contributed by atoms with E-state index in [1.54, 1.807) is 6.08 Å². The fourth-order valence-electron chi connectivity index (χ4n) is 8.67. The lowest BCUT2D eigenvalue weighted by Crippen LogP contribution is -2.05. The molecule has 3 heterocycles. The van der Waals surface area contributed by atoms with E-state index in [4.69, 9.17) is 0 Å². The second kappa shape index (κ2) is 20.3.